The molecule has 0 aromatic rings. The summed E-state index contributed by atoms with van der Waals surface area (Å²) < 4.78 is 4.92. The van der Waals surface area contributed by atoms with Gasteiger partial charge in [-0.15, -0.1) is 0 Å². The number of carbonyl (C=O) groups excluding carboxylic acids is 1. The zero-order valence-electron chi connectivity index (χ0n) is 9.83. The highest BCUT2D eigenvalue weighted by Crippen LogP contribution is 2.42. The number of carbonyl (C=O) groups is 2. The molecule has 0 bridgehead atoms. The summed E-state index contributed by atoms with van der Waals surface area (Å²) in [4.78, 5) is 22.3. The van der Waals surface area contributed by atoms with Gasteiger partial charge >= 0.3 is 11.9 Å². The van der Waals surface area contributed by atoms with Gasteiger partial charge in [0, 0.05) is 0 Å². The minimum atomic E-state index is -0.814. The van der Waals surface area contributed by atoms with Gasteiger partial charge in [-0.3, -0.25) is 9.59 Å². The summed E-state index contributed by atoms with van der Waals surface area (Å²) in [6.45, 7) is 2.13. The molecule has 0 aromatic carbocycles. The largest absolute Gasteiger partial charge is 0.481 e. The molecule has 0 atom stereocenters. The summed E-state index contributed by atoms with van der Waals surface area (Å²) in [7, 11) is 0. The number of ether oxygens (including phenoxy) is 1. The van der Waals surface area contributed by atoms with Crippen molar-refractivity contribution in [2.45, 2.75) is 51.9 Å². The Labute approximate surface area is 96.0 Å². The van der Waals surface area contributed by atoms with Gasteiger partial charge in [-0.1, -0.05) is 19.3 Å². The van der Waals surface area contributed by atoms with Gasteiger partial charge in [0.25, 0.3) is 0 Å². The molecule has 0 unspecified atom stereocenters. The highest BCUT2D eigenvalue weighted by Gasteiger charge is 2.36. The predicted octanol–water partition coefficient (Wildman–Crippen LogP) is 2.36. The lowest BCUT2D eigenvalue weighted by Gasteiger charge is -2.35. The number of esters is 1. The first-order valence-corrected chi connectivity index (χ1v) is 5.95. The van der Waals surface area contributed by atoms with E-state index in [1.807, 2.05) is 0 Å². The van der Waals surface area contributed by atoms with Crippen molar-refractivity contribution in [1.82, 2.24) is 0 Å². The molecule has 1 aliphatic rings. The van der Waals surface area contributed by atoms with E-state index in [1.165, 1.54) is 0 Å². The maximum atomic E-state index is 11.5. The highest BCUT2D eigenvalue weighted by atomic mass is 16.5. The van der Waals surface area contributed by atoms with E-state index in [9.17, 15) is 9.59 Å². The number of aliphatic carboxylic acids is 1. The predicted molar refractivity (Wildman–Crippen MR) is 59.0 cm³/mol. The maximum Gasteiger partial charge on any atom is 0.306 e. The van der Waals surface area contributed by atoms with Crippen molar-refractivity contribution in [3.05, 3.63) is 0 Å². The third-order valence-corrected chi connectivity index (χ3v) is 3.27. The molecule has 1 fully saturated rings. The average molecular weight is 228 g/mol. The molecule has 1 rings (SSSR count). The van der Waals surface area contributed by atoms with E-state index < -0.39 is 5.97 Å². The van der Waals surface area contributed by atoms with Crippen molar-refractivity contribution >= 4 is 11.9 Å². The molecular weight excluding hydrogens is 208 g/mol. The SMILES string of the molecule is CCOC(=O)CC1(CC(=O)O)CCCCC1. The molecule has 1 saturated carbocycles. The molecule has 0 amide bonds. The fourth-order valence-corrected chi connectivity index (χ4v) is 2.56. The van der Waals surface area contributed by atoms with Crippen molar-refractivity contribution in [1.29, 1.82) is 0 Å². The summed E-state index contributed by atoms with van der Waals surface area (Å²) >= 11 is 0. The van der Waals surface area contributed by atoms with Crippen LogP contribution in [0.15, 0.2) is 0 Å². The summed E-state index contributed by atoms with van der Waals surface area (Å²) in [5.41, 5.74) is -0.351. The van der Waals surface area contributed by atoms with Gasteiger partial charge in [0.15, 0.2) is 0 Å². The minimum absolute atomic E-state index is 0.0891. The summed E-state index contributed by atoms with van der Waals surface area (Å²) in [5.74, 6) is -1.07. The Morgan fingerprint density at radius 3 is 2.31 bits per heavy atom. The Morgan fingerprint density at radius 1 is 1.19 bits per heavy atom. The molecule has 4 heteroatoms. The number of hydrogen-bond donors (Lipinski definition) is 1. The molecule has 0 aromatic heterocycles. The zero-order valence-corrected chi connectivity index (χ0v) is 9.83. The van der Waals surface area contributed by atoms with E-state index in [-0.39, 0.29) is 24.2 Å². The topological polar surface area (TPSA) is 63.6 Å². The summed E-state index contributed by atoms with van der Waals surface area (Å²) in [6.07, 6.45) is 5.19. The summed E-state index contributed by atoms with van der Waals surface area (Å²) in [5, 5.41) is 8.92. The second-order valence-corrected chi connectivity index (χ2v) is 4.61. The highest BCUT2D eigenvalue weighted by molar-refractivity contribution is 5.73. The fourth-order valence-electron chi connectivity index (χ4n) is 2.56. The van der Waals surface area contributed by atoms with Gasteiger partial charge in [-0.2, -0.15) is 0 Å². The number of carboxylic acids is 1. The third-order valence-electron chi connectivity index (χ3n) is 3.27. The van der Waals surface area contributed by atoms with Crippen molar-refractivity contribution < 1.29 is 19.4 Å². The van der Waals surface area contributed by atoms with Gasteiger partial charge in [0.1, 0.15) is 0 Å². The molecule has 0 radical (unpaired) electrons. The van der Waals surface area contributed by atoms with E-state index in [1.54, 1.807) is 6.92 Å². The van der Waals surface area contributed by atoms with Crippen LogP contribution in [0.2, 0.25) is 0 Å². The number of carboxylic acid groups (broad SMARTS) is 1. The van der Waals surface area contributed by atoms with Crippen LogP contribution in [-0.4, -0.2) is 23.7 Å². The number of hydrogen-bond acceptors (Lipinski definition) is 3. The van der Waals surface area contributed by atoms with E-state index in [4.69, 9.17) is 9.84 Å². The molecular formula is C12H20O4. The van der Waals surface area contributed by atoms with E-state index >= 15 is 0 Å². The molecule has 0 saturated heterocycles. The monoisotopic (exact) mass is 228 g/mol. The zero-order chi connectivity index (χ0) is 12.0. The van der Waals surface area contributed by atoms with Crippen LogP contribution in [0.4, 0.5) is 0 Å². The van der Waals surface area contributed by atoms with Gasteiger partial charge in [-0.05, 0) is 25.2 Å². The van der Waals surface area contributed by atoms with Crippen LogP contribution in [0.25, 0.3) is 0 Å². The standard InChI is InChI=1S/C12H20O4/c1-2-16-11(15)9-12(8-10(13)14)6-4-3-5-7-12/h2-9H2,1H3,(H,13,14). The summed E-state index contributed by atoms with van der Waals surface area (Å²) in [6, 6.07) is 0. The quantitative estimate of drug-likeness (QED) is 0.734. The fraction of sp³-hybridized carbons (Fsp3) is 0.833. The molecule has 4 nitrogen and oxygen atoms in total. The first kappa shape index (κ1) is 13.0. The first-order valence-electron chi connectivity index (χ1n) is 5.95. The maximum absolute atomic E-state index is 11.5. The van der Waals surface area contributed by atoms with Crippen molar-refractivity contribution in [3.8, 4) is 0 Å². The van der Waals surface area contributed by atoms with Crippen molar-refractivity contribution in [2.24, 2.45) is 5.41 Å². The molecule has 0 spiro atoms. The Balaban J connectivity index is 2.62. The van der Waals surface area contributed by atoms with Gasteiger partial charge in [0.2, 0.25) is 0 Å². The third kappa shape index (κ3) is 3.83. The molecule has 16 heavy (non-hydrogen) atoms. The van der Waals surface area contributed by atoms with Gasteiger partial charge < -0.3 is 9.84 Å². The minimum Gasteiger partial charge on any atom is -0.481 e. The van der Waals surface area contributed by atoms with Crippen LogP contribution >= 0.6 is 0 Å². The number of rotatable bonds is 5. The second-order valence-electron chi connectivity index (χ2n) is 4.61. The molecule has 0 heterocycles. The molecule has 1 aliphatic carbocycles. The first-order chi connectivity index (χ1) is 7.58. The Bertz CT molecular complexity index is 254. The Morgan fingerprint density at radius 2 is 1.81 bits per heavy atom. The molecule has 0 aliphatic heterocycles. The lowest BCUT2D eigenvalue weighted by molar-refractivity contribution is -0.149. The van der Waals surface area contributed by atoms with E-state index in [0.29, 0.717) is 6.61 Å². The lowest BCUT2D eigenvalue weighted by Crippen LogP contribution is -2.30. The second kappa shape index (κ2) is 5.87. The van der Waals surface area contributed by atoms with Crippen LogP contribution in [0.5, 0.6) is 0 Å². The normalized spacial score (nSPS) is 19.1. The smallest absolute Gasteiger partial charge is 0.306 e. The van der Waals surface area contributed by atoms with Crippen molar-refractivity contribution in [2.75, 3.05) is 6.61 Å². The van der Waals surface area contributed by atoms with Gasteiger partial charge in [0.05, 0.1) is 19.4 Å². The van der Waals surface area contributed by atoms with Crippen LogP contribution in [0, 0.1) is 5.41 Å². The van der Waals surface area contributed by atoms with Crippen LogP contribution < -0.4 is 0 Å². The van der Waals surface area contributed by atoms with Crippen LogP contribution in [0.3, 0.4) is 0 Å². The lowest BCUT2D eigenvalue weighted by atomic mass is 9.70. The Kier molecular flexibility index (Phi) is 4.77. The Hall–Kier alpha value is -1.06. The van der Waals surface area contributed by atoms with Crippen LogP contribution in [0.1, 0.15) is 51.9 Å². The van der Waals surface area contributed by atoms with Crippen molar-refractivity contribution in [3.63, 3.8) is 0 Å². The molecule has 1 N–H and O–H groups in total. The molecule has 92 valence electrons. The van der Waals surface area contributed by atoms with Crippen LogP contribution in [-0.2, 0) is 14.3 Å². The van der Waals surface area contributed by atoms with E-state index in [0.717, 1.165) is 32.1 Å². The van der Waals surface area contributed by atoms with Gasteiger partial charge in [-0.25, -0.2) is 0 Å². The average Bonchev–Trinajstić information content (AvgIpc) is 2.17. The van der Waals surface area contributed by atoms with E-state index in [2.05, 4.69) is 0 Å².